The molecule has 2 aromatic carbocycles. The molecule has 1 heterocycles. The van der Waals surface area contributed by atoms with Crippen molar-refractivity contribution in [2.24, 2.45) is 0 Å². The predicted molar refractivity (Wildman–Crippen MR) is 107 cm³/mol. The number of carbonyl (C=O) groups is 2. The Labute approximate surface area is 169 Å². The number of ether oxygens (including phenoxy) is 1. The highest BCUT2D eigenvalue weighted by Crippen LogP contribution is 2.31. The van der Waals surface area contributed by atoms with Gasteiger partial charge in [-0.15, -0.1) is 0 Å². The zero-order valence-electron chi connectivity index (χ0n) is 16.0. The first-order chi connectivity index (χ1) is 13.7. The van der Waals surface area contributed by atoms with Crippen LogP contribution in [0, 0.1) is 0 Å². The van der Waals surface area contributed by atoms with E-state index in [0.29, 0.717) is 17.5 Å². The van der Waals surface area contributed by atoms with Crippen LogP contribution in [0.15, 0.2) is 60.7 Å². The molecule has 0 saturated carbocycles. The van der Waals surface area contributed by atoms with E-state index in [0.717, 1.165) is 0 Å². The summed E-state index contributed by atoms with van der Waals surface area (Å²) < 4.78 is 28.4. The van der Waals surface area contributed by atoms with Gasteiger partial charge in [0.15, 0.2) is 16.4 Å². The molecule has 7 nitrogen and oxygen atoms in total. The van der Waals surface area contributed by atoms with Gasteiger partial charge in [-0.05, 0) is 17.5 Å². The van der Waals surface area contributed by atoms with E-state index in [4.69, 9.17) is 4.74 Å². The molecule has 0 bridgehead atoms. The van der Waals surface area contributed by atoms with E-state index in [1.807, 2.05) is 0 Å². The van der Waals surface area contributed by atoms with Gasteiger partial charge in [0.05, 0.1) is 11.5 Å². The van der Waals surface area contributed by atoms with Gasteiger partial charge in [-0.1, -0.05) is 60.7 Å². The summed E-state index contributed by atoms with van der Waals surface area (Å²) in [4.78, 5) is 26.6. The lowest BCUT2D eigenvalue weighted by Gasteiger charge is -2.28. The fraction of sp³-hybridized carbons (Fsp3) is 0.333. The van der Waals surface area contributed by atoms with Crippen molar-refractivity contribution < 1.29 is 27.9 Å². The highest BCUT2D eigenvalue weighted by atomic mass is 32.2. The van der Waals surface area contributed by atoms with Crippen LogP contribution in [0.5, 0.6) is 0 Å². The molecule has 0 aliphatic carbocycles. The molecular weight excluding hydrogens is 394 g/mol. The molecule has 1 amide bonds. The second-order valence-corrected chi connectivity index (χ2v) is 9.31. The second kappa shape index (κ2) is 8.34. The lowest BCUT2D eigenvalue weighted by atomic mass is 9.86. The Morgan fingerprint density at radius 3 is 2.03 bits per heavy atom. The lowest BCUT2D eigenvalue weighted by Crippen LogP contribution is -2.43. The van der Waals surface area contributed by atoms with Gasteiger partial charge in [-0.2, -0.15) is 0 Å². The number of amides is 1. The van der Waals surface area contributed by atoms with E-state index in [1.165, 1.54) is 11.9 Å². The van der Waals surface area contributed by atoms with Crippen molar-refractivity contribution in [1.29, 1.82) is 0 Å². The van der Waals surface area contributed by atoms with Gasteiger partial charge in [0.2, 0.25) is 5.60 Å². The SMILES string of the molecule is CN(C(=O)COC(=O)C(O)(c1ccccc1)c1ccccc1)[C@@H]1CCS(=O)(=O)C1. The molecule has 154 valence electrons. The number of sulfone groups is 1. The molecule has 1 N–H and O–H groups in total. The molecule has 0 spiro atoms. The molecule has 0 unspecified atom stereocenters. The maximum absolute atomic E-state index is 12.9. The van der Waals surface area contributed by atoms with E-state index in [9.17, 15) is 23.1 Å². The Kier molecular flexibility index (Phi) is 6.04. The normalized spacial score (nSPS) is 18.2. The number of benzene rings is 2. The fourth-order valence-corrected chi connectivity index (χ4v) is 5.15. The van der Waals surface area contributed by atoms with E-state index in [-0.39, 0.29) is 11.5 Å². The number of hydrogen-bond acceptors (Lipinski definition) is 6. The number of nitrogens with zero attached hydrogens (tertiary/aromatic N) is 1. The fourth-order valence-electron chi connectivity index (χ4n) is 3.38. The summed E-state index contributed by atoms with van der Waals surface area (Å²) in [5.74, 6) is -1.56. The average Bonchev–Trinajstić information content (AvgIpc) is 3.11. The van der Waals surface area contributed by atoms with Crippen LogP contribution in [0.3, 0.4) is 0 Å². The average molecular weight is 417 g/mol. The standard InChI is InChI=1S/C21H23NO6S/c1-22(18-12-13-29(26,27)15-18)19(23)14-28-20(24)21(25,16-8-4-2-5-9-16)17-10-6-3-7-11-17/h2-11,18,25H,12-15H2,1H3/t18-/m1/s1. The molecule has 3 rings (SSSR count). The third-order valence-electron chi connectivity index (χ3n) is 5.15. The van der Waals surface area contributed by atoms with Crippen LogP contribution in [-0.2, 0) is 29.8 Å². The van der Waals surface area contributed by atoms with Gasteiger partial charge < -0.3 is 14.7 Å². The number of carbonyl (C=O) groups excluding carboxylic acids is 2. The third-order valence-corrected chi connectivity index (χ3v) is 6.91. The summed E-state index contributed by atoms with van der Waals surface area (Å²) >= 11 is 0. The lowest BCUT2D eigenvalue weighted by molar-refractivity contribution is -0.166. The Morgan fingerprint density at radius 2 is 1.59 bits per heavy atom. The highest BCUT2D eigenvalue weighted by molar-refractivity contribution is 7.91. The van der Waals surface area contributed by atoms with Crippen molar-refractivity contribution in [2.45, 2.75) is 18.1 Å². The van der Waals surface area contributed by atoms with Crippen LogP contribution in [0.25, 0.3) is 0 Å². The molecule has 1 saturated heterocycles. The summed E-state index contributed by atoms with van der Waals surface area (Å²) in [6.07, 6.45) is 0.358. The molecule has 1 atom stereocenters. The van der Waals surface area contributed by atoms with Crippen LogP contribution in [0.1, 0.15) is 17.5 Å². The van der Waals surface area contributed by atoms with Crippen molar-refractivity contribution >= 4 is 21.7 Å². The molecule has 0 radical (unpaired) electrons. The molecule has 29 heavy (non-hydrogen) atoms. The smallest absolute Gasteiger partial charge is 0.348 e. The zero-order valence-corrected chi connectivity index (χ0v) is 16.8. The van der Waals surface area contributed by atoms with Gasteiger partial charge >= 0.3 is 5.97 Å². The maximum atomic E-state index is 12.9. The van der Waals surface area contributed by atoms with Crippen LogP contribution in [-0.4, -0.2) is 61.5 Å². The highest BCUT2D eigenvalue weighted by Gasteiger charge is 2.42. The van der Waals surface area contributed by atoms with Crippen molar-refractivity contribution in [2.75, 3.05) is 25.2 Å². The predicted octanol–water partition coefficient (Wildman–Crippen LogP) is 1.11. The van der Waals surface area contributed by atoms with Gasteiger partial charge in [-0.3, -0.25) is 4.79 Å². The summed E-state index contributed by atoms with van der Waals surface area (Å²) in [5.41, 5.74) is -1.43. The molecule has 1 aliphatic rings. The first-order valence-corrected chi connectivity index (χ1v) is 11.0. The number of aliphatic hydroxyl groups is 1. The minimum absolute atomic E-state index is 0.0385. The Hall–Kier alpha value is -2.71. The Bertz CT molecular complexity index is 935. The summed E-state index contributed by atoms with van der Waals surface area (Å²) in [5, 5.41) is 11.3. The Morgan fingerprint density at radius 1 is 1.07 bits per heavy atom. The molecule has 8 heteroatoms. The van der Waals surface area contributed by atoms with Crippen LogP contribution in [0.4, 0.5) is 0 Å². The van der Waals surface area contributed by atoms with E-state index in [1.54, 1.807) is 60.7 Å². The van der Waals surface area contributed by atoms with Gasteiger partial charge in [-0.25, -0.2) is 13.2 Å². The minimum atomic E-state index is -3.14. The summed E-state index contributed by atoms with van der Waals surface area (Å²) in [6, 6.07) is 16.3. The summed E-state index contributed by atoms with van der Waals surface area (Å²) in [6.45, 7) is -0.589. The monoisotopic (exact) mass is 417 g/mol. The largest absolute Gasteiger partial charge is 0.453 e. The van der Waals surface area contributed by atoms with E-state index < -0.39 is 40.0 Å². The molecular formula is C21H23NO6S. The van der Waals surface area contributed by atoms with Gasteiger partial charge in [0.25, 0.3) is 5.91 Å². The number of hydrogen-bond donors (Lipinski definition) is 1. The second-order valence-electron chi connectivity index (χ2n) is 7.08. The van der Waals surface area contributed by atoms with Crippen molar-refractivity contribution in [3.05, 3.63) is 71.8 Å². The number of rotatable bonds is 6. The first kappa shape index (κ1) is 21.0. The Balaban J connectivity index is 1.75. The van der Waals surface area contributed by atoms with E-state index >= 15 is 0 Å². The molecule has 1 fully saturated rings. The maximum Gasteiger partial charge on any atom is 0.348 e. The van der Waals surface area contributed by atoms with Gasteiger partial charge in [0, 0.05) is 13.1 Å². The molecule has 1 aliphatic heterocycles. The third kappa shape index (κ3) is 4.49. The van der Waals surface area contributed by atoms with Crippen molar-refractivity contribution in [1.82, 2.24) is 4.90 Å². The van der Waals surface area contributed by atoms with Crippen LogP contribution < -0.4 is 0 Å². The minimum Gasteiger partial charge on any atom is -0.453 e. The van der Waals surface area contributed by atoms with E-state index in [2.05, 4.69) is 0 Å². The van der Waals surface area contributed by atoms with Crippen molar-refractivity contribution in [3.63, 3.8) is 0 Å². The van der Waals surface area contributed by atoms with Crippen LogP contribution >= 0.6 is 0 Å². The van der Waals surface area contributed by atoms with Crippen LogP contribution in [0.2, 0.25) is 0 Å². The zero-order chi connectivity index (χ0) is 21.1. The molecule has 2 aromatic rings. The first-order valence-electron chi connectivity index (χ1n) is 9.21. The quantitative estimate of drug-likeness (QED) is 0.707. The van der Waals surface area contributed by atoms with Gasteiger partial charge in [0.1, 0.15) is 0 Å². The molecule has 0 aromatic heterocycles. The topological polar surface area (TPSA) is 101 Å². The number of likely N-dealkylation sites (N-methyl/N-ethyl adjacent to an activating group) is 1. The number of esters is 1. The van der Waals surface area contributed by atoms with Crippen molar-refractivity contribution in [3.8, 4) is 0 Å². The summed E-state index contributed by atoms with van der Waals surface area (Å²) in [7, 11) is -1.65.